The summed E-state index contributed by atoms with van der Waals surface area (Å²) < 4.78 is 45.0. The van der Waals surface area contributed by atoms with Crippen molar-refractivity contribution in [3.63, 3.8) is 0 Å². The summed E-state index contributed by atoms with van der Waals surface area (Å²) in [5, 5.41) is 8.16. The van der Waals surface area contributed by atoms with Crippen LogP contribution in [-0.2, 0) is 13.2 Å². The largest absolute Gasteiger partial charge is 0.416 e. The number of hydrogen-bond donors (Lipinski definition) is 1. The van der Waals surface area contributed by atoms with Gasteiger partial charge in [-0.2, -0.15) is 18.3 Å². The van der Waals surface area contributed by atoms with Gasteiger partial charge in [0.15, 0.2) is 5.82 Å². The summed E-state index contributed by atoms with van der Waals surface area (Å²) in [5.41, 5.74) is -0.821. The molecule has 0 amide bonds. The zero-order valence-corrected chi connectivity index (χ0v) is 20.0. The number of nitrogens with zero attached hydrogens (tertiary/aromatic N) is 5. The molecule has 4 aromatic rings. The van der Waals surface area contributed by atoms with E-state index >= 15 is 0 Å². The molecule has 1 atom stereocenters. The molecule has 0 spiro atoms. The second-order valence-electron chi connectivity index (χ2n) is 9.30. The summed E-state index contributed by atoms with van der Waals surface area (Å²) in [7, 11) is 1.47. The monoisotopic (exact) mass is 498 g/mol. The number of alkyl halides is 3. The molecule has 1 N–H and O–H groups in total. The smallest absolute Gasteiger partial charge is 0.362 e. The van der Waals surface area contributed by atoms with E-state index in [1.165, 1.54) is 26.1 Å². The van der Waals surface area contributed by atoms with Crippen LogP contribution in [0.1, 0.15) is 54.6 Å². The van der Waals surface area contributed by atoms with E-state index in [0.717, 1.165) is 23.6 Å². The van der Waals surface area contributed by atoms with Crippen LogP contribution in [0, 0.1) is 6.92 Å². The van der Waals surface area contributed by atoms with E-state index in [-0.39, 0.29) is 28.6 Å². The molecule has 3 heterocycles. The number of aryl methyl sites for hydroxylation is 1. The molecule has 36 heavy (non-hydrogen) atoms. The fourth-order valence-corrected chi connectivity index (χ4v) is 4.96. The predicted octanol–water partition coefficient (Wildman–Crippen LogP) is 4.37. The van der Waals surface area contributed by atoms with Crippen molar-refractivity contribution in [1.29, 1.82) is 0 Å². The van der Waals surface area contributed by atoms with Crippen molar-refractivity contribution in [3.8, 4) is 0 Å². The highest BCUT2D eigenvalue weighted by atomic mass is 19.4. The third-order valence-corrected chi connectivity index (χ3v) is 7.04. The Labute approximate surface area is 204 Å². The molecule has 1 fully saturated rings. The Morgan fingerprint density at radius 1 is 1.14 bits per heavy atom. The molecule has 0 aliphatic heterocycles. The molecule has 5 rings (SSSR count). The number of imidazole rings is 1. The quantitative estimate of drug-likeness (QED) is 0.442. The van der Waals surface area contributed by atoms with Gasteiger partial charge < -0.3 is 14.5 Å². The number of pyridine rings is 1. The number of hydrogen-bond acceptors (Lipinski definition) is 5. The van der Waals surface area contributed by atoms with Crippen LogP contribution in [-0.4, -0.2) is 23.9 Å². The van der Waals surface area contributed by atoms with Gasteiger partial charge in [0.2, 0.25) is 0 Å². The van der Waals surface area contributed by atoms with Crippen LogP contribution in [0.2, 0.25) is 0 Å². The van der Waals surface area contributed by atoms with Gasteiger partial charge >= 0.3 is 6.18 Å². The van der Waals surface area contributed by atoms with Crippen molar-refractivity contribution in [2.75, 3.05) is 5.32 Å². The van der Waals surface area contributed by atoms with Gasteiger partial charge in [-0.3, -0.25) is 9.59 Å². The summed E-state index contributed by atoms with van der Waals surface area (Å²) in [6, 6.07) is 5.02. The Morgan fingerprint density at radius 2 is 1.89 bits per heavy atom. The molecule has 11 heteroatoms. The zero-order chi connectivity index (χ0) is 25.8. The average Bonchev–Trinajstić information content (AvgIpc) is 3.30. The van der Waals surface area contributed by atoms with Gasteiger partial charge in [-0.05, 0) is 43.9 Å². The topological polar surface area (TPSA) is 86.7 Å². The summed E-state index contributed by atoms with van der Waals surface area (Å²) in [6.45, 7) is 3.17. The number of aromatic nitrogens is 5. The summed E-state index contributed by atoms with van der Waals surface area (Å²) in [4.78, 5) is 29.7. The Hall–Kier alpha value is -3.89. The molecule has 0 unspecified atom stereocenters. The first-order valence-corrected chi connectivity index (χ1v) is 11.6. The van der Waals surface area contributed by atoms with Gasteiger partial charge in [-0.1, -0.05) is 12.1 Å². The van der Waals surface area contributed by atoms with Crippen molar-refractivity contribution < 1.29 is 13.2 Å². The van der Waals surface area contributed by atoms with Crippen molar-refractivity contribution in [1.82, 2.24) is 23.9 Å². The first kappa shape index (κ1) is 23.8. The molecule has 1 aliphatic rings. The van der Waals surface area contributed by atoms with E-state index in [1.54, 1.807) is 36.3 Å². The molecule has 1 saturated carbocycles. The predicted molar refractivity (Wildman–Crippen MR) is 129 cm³/mol. The lowest BCUT2D eigenvalue weighted by Crippen LogP contribution is -2.35. The molecule has 1 aromatic carbocycles. The van der Waals surface area contributed by atoms with Crippen molar-refractivity contribution >= 4 is 16.6 Å². The van der Waals surface area contributed by atoms with E-state index in [9.17, 15) is 22.8 Å². The molecule has 1 aliphatic carbocycles. The van der Waals surface area contributed by atoms with Gasteiger partial charge in [0.25, 0.3) is 11.1 Å². The number of benzene rings is 1. The van der Waals surface area contributed by atoms with Gasteiger partial charge in [0.1, 0.15) is 0 Å². The molecule has 188 valence electrons. The van der Waals surface area contributed by atoms with Gasteiger partial charge in [-0.15, -0.1) is 0 Å². The third-order valence-electron chi connectivity index (χ3n) is 7.04. The van der Waals surface area contributed by atoms with Crippen LogP contribution in [0.3, 0.4) is 0 Å². The minimum atomic E-state index is -4.46. The minimum absolute atomic E-state index is 0.0469. The highest BCUT2D eigenvalue weighted by Crippen LogP contribution is 2.41. The van der Waals surface area contributed by atoms with Crippen molar-refractivity contribution in [2.45, 2.75) is 51.0 Å². The second-order valence-corrected chi connectivity index (χ2v) is 9.30. The number of rotatable bonds is 5. The second kappa shape index (κ2) is 8.65. The molecular weight excluding hydrogens is 473 g/mol. The van der Waals surface area contributed by atoms with Crippen molar-refractivity contribution in [2.24, 2.45) is 7.05 Å². The highest BCUT2D eigenvalue weighted by molar-refractivity contribution is 5.90. The molecule has 0 bridgehead atoms. The summed E-state index contributed by atoms with van der Waals surface area (Å²) >= 11 is 0. The molecule has 3 aromatic heterocycles. The Kier molecular flexibility index (Phi) is 5.73. The van der Waals surface area contributed by atoms with Gasteiger partial charge in [0, 0.05) is 49.2 Å². The Balaban J connectivity index is 1.52. The first-order chi connectivity index (χ1) is 17.0. The average molecular weight is 499 g/mol. The normalized spacial score (nSPS) is 18.7. The molecule has 0 radical (unpaired) electrons. The maximum Gasteiger partial charge on any atom is 0.416 e. The van der Waals surface area contributed by atoms with Crippen LogP contribution in [0.15, 0.2) is 58.8 Å². The maximum absolute atomic E-state index is 13.4. The zero-order valence-electron chi connectivity index (χ0n) is 20.0. The number of halogens is 3. The SMILES string of the molecule is Cc1c([C@@H](C)Nc2nn(C)c(=O)c3cc(=O)n(C4CC(n5ccnc5)C4)cc23)cccc1C(F)(F)F. The van der Waals surface area contributed by atoms with Crippen LogP contribution < -0.4 is 16.4 Å². The van der Waals surface area contributed by atoms with Crippen molar-refractivity contribution in [3.05, 3.63) is 86.6 Å². The summed E-state index contributed by atoms with van der Waals surface area (Å²) in [6.07, 6.45) is 3.99. The molecule has 0 saturated heterocycles. The van der Waals surface area contributed by atoms with E-state index in [2.05, 4.69) is 15.4 Å². The van der Waals surface area contributed by atoms with Crippen LogP contribution in [0.25, 0.3) is 10.8 Å². The fourth-order valence-electron chi connectivity index (χ4n) is 4.96. The third kappa shape index (κ3) is 4.08. The lowest BCUT2D eigenvalue weighted by atomic mass is 9.86. The maximum atomic E-state index is 13.4. The van der Waals surface area contributed by atoms with Crippen LogP contribution >= 0.6 is 0 Å². The summed E-state index contributed by atoms with van der Waals surface area (Å²) in [5.74, 6) is 0.315. The lowest BCUT2D eigenvalue weighted by molar-refractivity contribution is -0.138. The number of fused-ring (bicyclic) bond motifs is 1. The minimum Gasteiger partial charge on any atom is -0.362 e. The Bertz CT molecular complexity index is 1550. The fraction of sp³-hybridized carbons (Fsp3) is 0.360. The highest BCUT2D eigenvalue weighted by Gasteiger charge is 2.34. The first-order valence-electron chi connectivity index (χ1n) is 11.6. The number of anilines is 1. The van der Waals surface area contributed by atoms with E-state index in [1.807, 2.05) is 10.8 Å². The van der Waals surface area contributed by atoms with E-state index in [4.69, 9.17) is 0 Å². The van der Waals surface area contributed by atoms with Gasteiger partial charge in [-0.25, -0.2) is 9.67 Å². The standard InChI is InChI=1S/C25H25F3N6O2/c1-14-18(5-4-6-21(14)25(26,27)28)15(2)30-23-20-12-34(17-9-16(10-17)33-8-7-29-13-33)22(35)11-19(20)24(36)32(3)31-23/h4-8,11-13,15-17H,9-10H2,1-3H3,(H,30,31)/t15-,16?,17?/m1/s1. The van der Waals surface area contributed by atoms with E-state index < -0.39 is 23.3 Å². The van der Waals surface area contributed by atoms with Gasteiger partial charge in [0.05, 0.1) is 23.3 Å². The van der Waals surface area contributed by atoms with E-state index in [0.29, 0.717) is 16.8 Å². The molecular formula is C25H25F3N6O2. The molecule has 8 nitrogen and oxygen atoms in total. The lowest BCUT2D eigenvalue weighted by Gasteiger charge is -2.37. The van der Waals surface area contributed by atoms with Crippen LogP contribution in [0.4, 0.5) is 19.0 Å². The Morgan fingerprint density at radius 3 is 2.56 bits per heavy atom. The number of nitrogens with one attached hydrogen (secondary N) is 1. The van der Waals surface area contributed by atoms with Crippen LogP contribution in [0.5, 0.6) is 0 Å².